The van der Waals surface area contributed by atoms with E-state index in [0.717, 1.165) is 22.5 Å². The molecule has 3 heterocycles. The highest BCUT2D eigenvalue weighted by Crippen LogP contribution is 2.45. The molecule has 4 aromatic rings. The quantitative estimate of drug-likeness (QED) is 0.449. The smallest absolute Gasteiger partial charge is 0.331 e. The monoisotopic (exact) mass is 457 g/mol. The van der Waals surface area contributed by atoms with E-state index in [-0.39, 0.29) is 11.2 Å². The van der Waals surface area contributed by atoms with Gasteiger partial charge in [-0.05, 0) is 36.5 Å². The Kier molecular flexibility index (Phi) is 5.17. The largest absolute Gasteiger partial charge is 0.365 e. The third-order valence-electron chi connectivity index (χ3n) is 7.02. The Labute approximate surface area is 199 Å². The summed E-state index contributed by atoms with van der Waals surface area (Å²) >= 11 is 0. The van der Waals surface area contributed by atoms with Crippen LogP contribution in [0.25, 0.3) is 22.2 Å². The second kappa shape index (κ2) is 7.84. The van der Waals surface area contributed by atoms with Gasteiger partial charge >= 0.3 is 5.69 Å². The van der Waals surface area contributed by atoms with Crippen molar-refractivity contribution in [3.8, 4) is 11.3 Å². The van der Waals surface area contributed by atoms with E-state index >= 15 is 0 Å². The SMILES string of the molecule is CC(C)c1ccc(C2OCC(C)(C)n3c(-c4ccccc4)c4c(=O)n(C)c(=O)n(C)c4c32)cc1. The molecule has 176 valence electrons. The van der Waals surface area contributed by atoms with E-state index < -0.39 is 11.6 Å². The molecule has 1 atom stereocenters. The van der Waals surface area contributed by atoms with Crippen molar-refractivity contribution < 1.29 is 4.74 Å². The normalized spacial score (nSPS) is 17.3. The molecule has 2 aromatic carbocycles. The van der Waals surface area contributed by atoms with Gasteiger partial charge in [-0.25, -0.2) is 4.79 Å². The van der Waals surface area contributed by atoms with Crippen LogP contribution in [-0.2, 0) is 24.4 Å². The van der Waals surface area contributed by atoms with Crippen molar-refractivity contribution in [2.75, 3.05) is 6.61 Å². The highest BCUT2D eigenvalue weighted by atomic mass is 16.5. The highest BCUT2D eigenvalue weighted by molar-refractivity contribution is 5.96. The first-order valence-corrected chi connectivity index (χ1v) is 11.7. The molecule has 5 rings (SSSR count). The van der Waals surface area contributed by atoms with Crippen LogP contribution < -0.4 is 11.2 Å². The average molecular weight is 458 g/mol. The molecule has 1 aliphatic rings. The van der Waals surface area contributed by atoms with Gasteiger partial charge in [-0.2, -0.15) is 0 Å². The number of nitrogens with zero attached hydrogens (tertiary/aromatic N) is 3. The molecule has 6 heteroatoms. The summed E-state index contributed by atoms with van der Waals surface area (Å²) in [6.45, 7) is 9.05. The zero-order valence-corrected chi connectivity index (χ0v) is 20.6. The Bertz CT molecular complexity index is 1500. The summed E-state index contributed by atoms with van der Waals surface area (Å²) in [5.74, 6) is 0.429. The summed E-state index contributed by atoms with van der Waals surface area (Å²) in [5.41, 5.74) is 4.47. The van der Waals surface area contributed by atoms with Crippen LogP contribution in [0, 0.1) is 0 Å². The Hall–Kier alpha value is -3.38. The molecular formula is C28H31N3O3. The fraction of sp³-hybridized carbons (Fsp3) is 0.357. The second-order valence-corrected chi connectivity index (χ2v) is 10.2. The predicted molar refractivity (Wildman–Crippen MR) is 136 cm³/mol. The zero-order valence-electron chi connectivity index (χ0n) is 20.6. The minimum atomic E-state index is -0.422. The molecule has 1 aliphatic heterocycles. The lowest BCUT2D eigenvalue weighted by Crippen LogP contribution is -2.40. The van der Waals surface area contributed by atoms with E-state index in [0.29, 0.717) is 23.4 Å². The van der Waals surface area contributed by atoms with Gasteiger partial charge in [0, 0.05) is 14.1 Å². The molecule has 0 radical (unpaired) electrons. The lowest BCUT2D eigenvalue weighted by molar-refractivity contribution is -0.00707. The number of rotatable bonds is 3. The van der Waals surface area contributed by atoms with Gasteiger partial charge in [0.05, 0.1) is 34.4 Å². The minimum Gasteiger partial charge on any atom is -0.365 e. The standard InChI is InChI=1S/C28H31N3O3/c1-17(2)18-12-14-20(15-13-18)25-24-23-21(26(32)30(6)27(33)29(23)5)22(19-10-8-7-9-11-19)31(24)28(3,4)16-34-25/h7-15,17,25H,16H2,1-6H3. The molecule has 2 aromatic heterocycles. The predicted octanol–water partition coefficient (Wildman–Crippen LogP) is 4.68. The van der Waals surface area contributed by atoms with Gasteiger partial charge in [-0.3, -0.25) is 13.9 Å². The van der Waals surface area contributed by atoms with E-state index in [1.807, 2.05) is 30.3 Å². The highest BCUT2D eigenvalue weighted by Gasteiger charge is 2.40. The van der Waals surface area contributed by atoms with Gasteiger partial charge in [-0.15, -0.1) is 0 Å². The fourth-order valence-electron chi connectivity index (χ4n) is 5.18. The maximum Gasteiger partial charge on any atom is 0.331 e. The minimum absolute atomic E-state index is 0.288. The number of aromatic nitrogens is 3. The molecular weight excluding hydrogens is 426 g/mol. The van der Waals surface area contributed by atoms with Crippen molar-refractivity contribution in [3.63, 3.8) is 0 Å². The summed E-state index contributed by atoms with van der Waals surface area (Å²) in [4.78, 5) is 26.6. The third-order valence-corrected chi connectivity index (χ3v) is 7.02. The Morgan fingerprint density at radius 3 is 2.21 bits per heavy atom. The summed E-state index contributed by atoms with van der Waals surface area (Å²) in [5, 5.41) is 0.549. The van der Waals surface area contributed by atoms with E-state index in [4.69, 9.17) is 4.74 Å². The molecule has 0 amide bonds. The molecule has 1 unspecified atom stereocenters. The molecule has 6 nitrogen and oxygen atoms in total. The first-order valence-electron chi connectivity index (χ1n) is 11.7. The summed E-state index contributed by atoms with van der Waals surface area (Å²) in [6.07, 6.45) is -0.396. The summed E-state index contributed by atoms with van der Waals surface area (Å²) in [6, 6.07) is 18.4. The van der Waals surface area contributed by atoms with E-state index in [1.54, 1.807) is 18.7 Å². The molecule has 0 fully saturated rings. The van der Waals surface area contributed by atoms with E-state index in [2.05, 4.69) is 56.5 Å². The van der Waals surface area contributed by atoms with Crippen LogP contribution in [0.2, 0.25) is 0 Å². The first-order chi connectivity index (χ1) is 16.1. The average Bonchev–Trinajstić information content (AvgIpc) is 3.20. The van der Waals surface area contributed by atoms with Gasteiger partial charge in [0.25, 0.3) is 5.56 Å². The van der Waals surface area contributed by atoms with E-state index in [9.17, 15) is 9.59 Å². The zero-order chi connectivity index (χ0) is 24.4. The number of hydrogen-bond donors (Lipinski definition) is 0. The van der Waals surface area contributed by atoms with Gasteiger partial charge in [0.2, 0.25) is 0 Å². The fourth-order valence-corrected chi connectivity index (χ4v) is 5.18. The topological polar surface area (TPSA) is 58.2 Å². The number of ether oxygens (including phenoxy) is 1. The molecule has 0 N–H and O–H groups in total. The maximum absolute atomic E-state index is 13.6. The number of fused-ring (bicyclic) bond motifs is 3. The van der Waals surface area contributed by atoms with Gasteiger partial charge < -0.3 is 9.30 Å². The van der Waals surface area contributed by atoms with Crippen LogP contribution >= 0.6 is 0 Å². The summed E-state index contributed by atoms with van der Waals surface area (Å²) in [7, 11) is 3.28. The van der Waals surface area contributed by atoms with Crippen LogP contribution in [0.4, 0.5) is 0 Å². The van der Waals surface area contributed by atoms with E-state index in [1.165, 1.54) is 10.1 Å². The van der Waals surface area contributed by atoms with Crippen LogP contribution in [0.5, 0.6) is 0 Å². The Morgan fingerprint density at radius 1 is 0.941 bits per heavy atom. The van der Waals surface area contributed by atoms with Crippen molar-refractivity contribution in [2.24, 2.45) is 14.1 Å². The van der Waals surface area contributed by atoms with Gasteiger partial charge in [0.15, 0.2) is 0 Å². The van der Waals surface area contributed by atoms with Crippen LogP contribution in [0.1, 0.15) is 56.5 Å². The van der Waals surface area contributed by atoms with Crippen molar-refractivity contribution in [2.45, 2.75) is 45.3 Å². The second-order valence-electron chi connectivity index (χ2n) is 10.2. The van der Waals surface area contributed by atoms with Crippen LogP contribution in [0.3, 0.4) is 0 Å². The van der Waals surface area contributed by atoms with Crippen molar-refractivity contribution in [1.82, 2.24) is 13.7 Å². The molecule has 0 bridgehead atoms. The number of hydrogen-bond acceptors (Lipinski definition) is 3. The third kappa shape index (κ3) is 3.20. The van der Waals surface area contributed by atoms with Gasteiger partial charge in [-0.1, -0.05) is 68.4 Å². The van der Waals surface area contributed by atoms with Crippen LogP contribution in [0.15, 0.2) is 64.2 Å². The number of aryl methyl sites for hydroxylation is 1. The molecule has 34 heavy (non-hydrogen) atoms. The van der Waals surface area contributed by atoms with Gasteiger partial charge in [0.1, 0.15) is 6.10 Å². The van der Waals surface area contributed by atoms with Crippen molar-refractivity contribution in [3.05, 3.63) is 92.3 Å². The molecule has 0 saturated carbocycles. The van der Waals surface area contributed by atoms with Crippen LogP contribution in [-0.4, -0.2) is 20.3 Å². The Balaban J connectivity index is 1.94. The molecule has 0 saturated heterocycles. The lowest BCUT2D eigenvalue weighted by atomic mass is 9.95. The maximum atomic E-state index is 13.6. The van der Waals surface area contributed by atoms with Crippen molar-refractivity contribution >= 4 is 10.9 Å². The number of benzene rings is 2. The first kappa shape index (κ1) is 22.4. The van der Waals surface area contributed by atoms with Crippen molar-refractivity contribution in [1.29, 1.82) is 0 Å². The molecule has 0 aliphatic carbocycles. The molecule has 0 spiro atoms. The lowest BCUT2D eigenvalue weighted by Gasteiger charge is -2.39. The Morgan fingerprint density at radius 2 is 1.59 bits per heavy atom. The summed E-state index contributed by atoms with van der Waals surface area (Å²) < 4.78 is 11.5.